The average molecular weight is 292 g/mol. The molecule has 0 radical (unpaired) electrons. The van der Waals surface area contributed by atoms with Crippen molar-refractivity contribution in [3.8, 4) is 0 Å². The van der Waals surface area contributed by atoms with Crippen molar-refractivity contribution < 1.29 is 4.79 Å². The van der Waals surface area contributed by atoms with Crippen LogP contribution >= 0.6 is 12.4 Å². The van der Waals surface area contributed by atoms with Gasteiger partial charge in [-0.15, -0.1) is 12.4 Å². The summed E-state index contributed by atoms with van der Waals surface area (Å²) in [5.74, 6) is 0.948. The Labute approximate surface area is 124 Å². The van der Waals surface area contributed by atoms with Crippen molar-refractivity contribution >= 4 is 18.3 Å². The van der Waals surface area contributed by atoms with Crippen LogP contribution in [0, 0.1) is 5.92 Å². The van der Waals surface area contributed by atoms with Gasteiger partial charge in [-0.3, -0.25) is 9.69 Å². The Bertz CT molecular complexity index is 257. The van der Waals surface area contributed by atoms with Crippen molar-refractivity contribution in [2.24, 2.45) is 11.7 Å². The van der Waals surface area contributed by atoms with E-state index in [-0.39, 0.29) is 24.4 Å². The molecule has 5 heteroatoms. The molecule has 1 amide bonds. The van der Waals surface area contributed by atoms with Gasteiger partial charge in [0, 0.05) is 19.6 Å². The Balaban J connectivity index is 0.00000324. The topological polar surface area (TPSA) is 49.6 Å². The molecule has 4 nitrogen and oxygen atoms in total. The molecule has 0 aromatic rings. The summed E-state index contributed by atoms with van der Waals surface area (Å²) in [5.41, 5.74) is 5.64. The van der Waals surface area contributed by atoms with Crippen LogP contribution in [0.2, 0.25) is 0 Å². The molecule has 1 saturated heterocycles. The first-order chi connectivity index (χ1) is 8.63. The van der Waals surface area contributed by atoms with Crippen LogP contribution in [0.25, 0.3) is 0 Å². The quantitative estimate of drug-likeness (QED) is 0.811. The molecule has 0 aliphatic carbocycles. The lowest BCUT2D eigenvalue weighted by Gasteiger charge is -2.37. The van der Waals surface area contributed by atoms with E-state index in [0.717, 1.165) is 39.1 Å². The fraction of sp³-hybridized carbons (Fsp3) is 0.929. The summed E-state index contributed by atoms with van der Waals surface area (Å²) < 4.78 is 0. The van der Waals surface area contributed by atoms with Gasteiger partial charge in [-0.25, -0.2) is 0 Å². The van der Waals surface area contributed by atoms with Gasteiger partial charge >= 0.3 is 0 Å². The zero-order valence-electron chi connectivity index (χ0n) is 12.6. The highest BCUT2D eigenvalue weighted by Gasteiger charge is 2.28. The van der Waals surface area contributed by atoms with Crippen LogP contribution in [0.5, 0.6) is 0 Å². The van der Waals surface area contributed by atoms with E-state index in [1.165, 1.54) is 12.8 Å². The summed E-state index contributed by atoms with van der Waals surface area (Å²) >= 11 is 0. The first-order valence-electron chi connectivity index (χ1n) is 7.36. The standard InChI is InChI=1S/C14H29N3O.ClH/c1-4-16(5-2)14(18)12(3)17-10-6-7-13(11-17)8-9-15;/h12-13H,4-11,15H2,1-3H3;1H. The lowest BCUT2D eigenvalue weighted by Crippen LogP contribution is -2.50. The second-order valence-corrected chi connectivity index (χ2v) is 5.27. The Morgan fingerprint density at radius 2 is 2.05 bits per heavy atom. The van der Waals surface area contributed by atoms with Gasteiger partial charge in [0.2, 0.25) is 5.91 Å². The molecule has 0 aromatic carbocycles. The second kappa shape index (κ2) is 9.56. The minimum absolute atomic E-state index is 0. The number of rotatable bonds is 6. The fourth-order valence-corrected chi connectivity index (χ4v) is 2.88. The van der Waals surface area contributed by atoms with Crippen molar-refractivity contribution in [1.29, 1.82) is 0 Å². The first kappa shape index (κ1) is 18.7. The third kappa shape index (κ3) is 5.28. The molecule has 0 bridgehead atoms. The molecule has 0 saturated carbocycles. The third-order valence-corrected chi connectivity index (χ3v) is 4.11. The zero-order chi connectivity index (χ0) is 13.5. The molecule has 2 atom stereocenters. The molecule has 2 unspecified atom stereocenters. The summed E-state index contributed by atoms with van der Waals surface area (Å²) in [6, 6.07) is 0.0190. The fourth-order valence-electron chi connectivity index (χ4n) is 2.88. The number of carbonyl (C=O) groups excluding carboxylic acids is 1. The minimum atomic E-state index is 0. The number of likely N-dealkylation sites (N-methyl/N-ethyl adjacent to an activating group) is 1. The summed E-state index contributed by atoms with van der Waals surface area (Å²) in [6.07, 6.45) is 3.54. The molecule has 2 N–H and O–H groups in total. The van der Waals surface area contributed by atoms with E-state index in [4.69, 9.17) is 5.73 Å². The highest BCUT2D eigenvalue weighted by atomic mass is 35.5. The van der Waals surface area contributed by atoms with Gasteiger partial charge in [-0.1, -0.05) is 0 Å². The molecule has 1 aliphatic heterocycles. The lowest BCUT2D eigenvalue weighted by atomic mass is 9.94. The number of likely N-dealkylation sites (tertiary alicyclic amines) is 1. The van der Waals surface area contributed by atoms with E-state index in [1.807, 2.05) is 25.7 Å². The van der Waals surface area contributed by atoms with Crippen LogP contribution in [0.3, 0.4) is 0 Å². The van der Waals surface area contributed by atoms with Crippen LogP contribution in [-0.2, 0) is 4.79 Å². The zero-order valence-corrected chi connectivity index (χ0v) is 13.4. The van der Waals surface area contributed by atoms with Crippen LogP contribution in [0.15, 0.2) is 0 Å². The maximum absolute atomic E-state index is 12.3. The summed E-state index contributed by atoms with van der Waals surface area (Å²) in [6.45, 7) is 10.6. The normalized spacial score (nSPS) is 21.6. The SMILES string of the molecule is CCN(CC)C(=O)C(C)N1CCCC(CCN)C1.Cl. The smallest absolute Gasteiger partial charge is 0.239 e. The number of hydrogen-bond donors (Lipinski definition) is 1. The predicted octanol–water partition coefficient (Wildman–Crippen LogP) is 1.73. The Morgan fingerprint density at radius 3 is 2.58 bits per heavy atom. The van der Waals surface area contributed by atoms with E-state index in [2.05, 4.69) is 4.90 Å². The van der Waals surface area contributed by atoms with Crippen molar-refractivity contribution in [2.75, 3.05) is 32.7 Å². The maximum atomic E-state index is 12.3. The molecule has 1 fully saturated rings. The van der Waals surface area contributed by atoms with Gasteiger partial charge in [0.1, 0.15) is 0 Å². The van der Waals surface area contributed by atoms with E-state index in [1.54, 1.807) is 0 Å². The molecule has 0 spiro atoms. The van der Waals surface area contributed by atoms with E-state index < -0.39 is 0 Å². The van der Waals surface area contributed by atoms with Gasteiger partial charge in [0.15, 0.2) is 0 Å². The Kier molecular flexibility index (Phi) is 9.40. The second-order valence-electron chi connectivity index (χ2n) is 5.27. The van der Waals surface area contributed by atoms with Crippen LogP contribution in [0.4, 0.5) is 0 Å². The van der Waals surface area contributed by atoms with Crippen molar-refractivity contribution in [1.82, 2.24) is 9.80 Å². The van der Waals surface area contributed by atoms with Crippen LogP contribution in [0.1, 0.15) is 40.0 Å². The van der Waals surface area contributed by atoms with Gasteiger partial charge in [-0.05, 0) is 59.0 Å². The number of nitrogens with two attached hydrogens (primary N) is 1. The number of halogens is 1. The molecule has 1 rings (SSSR count). The summed E-state index contributed by atoms with van der Waals surface area (Å²) in [4.78, 5) is 16.6. The number of nitrogens with zero attached hydrogens (tertiary/aromatic N) is 2. The van der Waals surface area contributed by atoms with Crippen LogP contribution in [-0.4, -0.2) is 54.5 Å². The molecule has 19 heavy (non-hydrogen) atoms. The highest BCUT2D eigenvalue weighted by molar-refractivity contribution is 5.85. The van der Waals surface area contributed by atoms with E-state index in [0.29, 0.717) is 5.92 Å². The number of amides is 1. The number of hydrogen-bond acceptors (Lipinski definition) is 3. The Morgan fingerprint density at radius 1 is 1.42 bits per heavy atom. The summed E-state index contributed by atoms with van der Waals surface area (Å²) in [7, 11) is 0. The molecule has 1 heterocycles. The molecule has 1 aliphatic rings. The average Bonchev–Trinajstić information content (AvgIpc) is 2.40. The highest BCUT2D eigenvalue weighted by Crippen LogP contribution is 2.21. The van der Waals surface area contributed by atoms with Gasteiger partial charge in [0.25, 0.3) is 0 Å². The van der Waals surface area contributed by atoms with E-state index >= 15 is 0 Å². The van der Waals surface area contributed by atoms with Crippen molar-refractivity contribution in [2.45, 2.75) is 46.1 Å². The largest absolute Gasteiger partial charge is 0.342 e. The molecular weight excluding hydrogens is 262 g/mol. The van der Waals surface area contributed by atoms with Gasteiger partial charge in [0.05, 0.1) is 6.04 Å². The summed E-state index contributed by atoms with van der Waals surface area (Å²) in [5, 5.41) is 0. The number of piperidine rings is 1. The van der Waals surface area contributed by atoms with Gasteiger partial charge in [-0.2, -0.15) is 0 Å². The lowest BCUT2D eigenvalue weighted by molar-refractivity contribution is -0.136. The first-order valence-corrected chi connectivity index (χ1v) is 7.36. The van der Waals surface area contributed by atoms with Crippen LogP contribution < -0.4 is 5.73 Å². The molecule has 114 valence electrons. The van der Waals surface area contributed by atoms with Crippen molar-refractivity contribution in [3.63, 3.8) is 0 Å². The Hall–Kier alpha value is -0.320. The molecule has 0 aromatic heterocycles. The third-order valence-electron chi connectivity index (χ3n) is 4.11. The number of carbonyl (C=O) groups is 1. The van der Waals surface area contributed by atoms with Crippen molar-refractivity contribution in [3.05, 3.63) is 0 Å². The predicted molar refractivity (Wildman–Crippen MR) is 82.6 cm³/mol. The van der Waals surface area contributed by atoms with Gasteiger partial charge < -0.3 is 10.6 Å². The van der Waals surface area contributed by atoms with E-state index in [9.17, 15) is 4.79 Å². The monoisotopic (exact) mass is 291 g/mol. The minimum Gasteiger partial charge on any atom is -0.342 e. The maximum Gasteiger partial charge on any atom is 0.239 e. The molecular formula is C14H30ClN3O.